The minimum atomic E-state index is -0.0830. The summed E-state index contributed by atoms with van der Waals surface area (Å²) < 4.78 is 1.60. The van der Waals surface area contributed by atoms with Crippen LogP contribution in [0.1, 0.15) is 51.0 Å². The Labute approximate surface area is 157 Å². The van der Waals surface area contributed by atoms with Crippen LogP contribution in [-0.4, -0.2) is 33.7 Å². The van der Waals surface area contributed by atoms with E-state index >= 15 is 0 Å². The van der Waals surface area contributed by atoms with E-state index < -0.39 is 0 Å². The molecular weight excluding hydrogens is 346 g/mol. The fourth-order valence-electron chi connectivity index (χ4n) is 4.21. The molecule has 4 rings (SSSR count). The van der Waals surface area contributed by atoms with Gasteiger partial charge in [-0.15, -0.1) is 11.3 Å². The maximum Gasteiger partial charge on any atom is 0.267 e. The van der Waals surface area contributed by atoms with Crippen molar-refractivity contribution in [1.29, 1.82) is 0 Å². The molecule has 1 saturated carbocycles. The monoisotopic (exact) mass is 371 g/mol. The first-order chi connectivity index (χ1) is 12.7. The van der Waals surface area contributed by atoms with Gasteiger partial charge in [0.2, 0.25) is 5.91 Å². The average Bonchev–Trinajstić information content (AvgIpc) is 3.36. The topological polar surface area (TPSA) is 55.2 Å². The van der Waals surface area contributed by atoms with Crippen molar-refractivity contribution in [1.82, 2.24) is 14.7 Å². The third-order valence-corrected chi connectivity index (χ3v) is 6.52. The van der Waals surface area contributed by atoms with Gasteiger partial charge in [-0.2, -0.15) is 5.10 Å². The van der Waals surface area contributed by atoms with Crippen LogP contribution in [0.2, 0.25) is 0 Å². The summed E-state index contributed by atoms with van der Waals surface area (Å²) in [4.78, 5) is 28.1. The molecule has 1 aliphatic carbocycles. The smallest absolute Gasteiger partial charge is 0.267 e. The number of nitrogens with zero attached hydrogens (tertiary/aromatic N) is 3. The van der Waals surface area contributed by atoms with Gasteiger partial charge in [0.15, 0.2) is 0 Å². The van der Waals surface area contributed by atoms with Crippen LogP contribution < -0.4 is 5.56 Å². The lowest BCUT2D eigenvalue weighted by molar-refractivity contribution is -0.133. The molecule has 0 unspecified atom stereocenters. The standard InChI is InChI=1S/C20H25N3O2S/c24-19-10-9-17(18-8-4-12-26-18)21-23(19)16-7-3-11-22(14-16)20(25)13-15-5-1-2-6-15/h4,8-10,12,15-16H,1-3,5-7,11,13-14H2/t16-/m1/s1. The zero-order valence-corrected chi connectivity index (χ0v) is 15.8. The second kappa shape index (κ2) is 7.74. The molecule has 0 N–H and O–H groups in total. The van der Waals surface area contributed by atoms with Crippen LogP contribution in [0.4, 0.5) is 0 Å². The zero-order chi connectivity index (χ0) is 17.9. The molecule has 138 valence electrons. The molecule has 3 heterocycles. The highest BCUT2D eigenvalue weighted by Gasteiger charge is 2.28. The number of piperidine rings is 1. The van der Waals surface area contributed by atoms with Crippen molar-refractivity contribution >= 4 is 17.2 Å². The fraction of sp³-hybridized carbons (Fsp3) is 0.550. The lowest BCUT2D eigenvalue weighted by Crippen LogP contribution is -2.43. The summed E-state index contributed by atoms with van der Waals surface area (Å²) in [5.74, 6) is 0.815. The van der Waals surface area contributed by atoms with Crippen molar-refractivity contribution in [2.24, 2.45) is 5.92 Å². The Bertz CT molecular complexity index is 809. The largest absolute Gasteiger partial charge is 0.341 e. The van der Waals surface area contributed by atoms with Crippen molar-refractivity contribution in [3.05, 3.63) is 40.0 Å². The summed E-state index contributed by atoms with van der Waals surface area (Å²) in [6.07, 6.45) is 7.39. The van der Waals surface area contributed by atoms with Gasteiger partial charge in [-0.3, -0.25) is 9.59 Å². The number of carbonyl (C=O) groups excluding carboxylic acids is 1. The first kappa shape index (κ1) is 17.5. The molecule has 5 nitrogen and oxygen atoms in total. The number of amides is 1. The van der Waals surface area contributed by atoms with Crippen LogP contribution in [0.25, 0.3) is 10.6 Å². The Morgan fingerprint density at radius 1 is 1.15 bits per heavy atom. The normalized spacial score (nSPS) is 21.2. The predicted molar refractivity (Wildman–Crippen MR) is 103 cm³/mol. The third-order valence-electron chi connectivity index (χ3n) is 5.63. The van der Waals surface area contributed by atoms with E-state index in [0.717, 1.165) is 30.0 Å². The maximum absolute atomic E-state index is 12.7. The molecule has 1 aliphatic heterocycles. The quantitative estimate of drug-likeness (QED) is 0.823. The van der Waals surface area contributed by atoms with Crippen molar-refractivity contribution in [3.8, 4) is 10.6 Å². The van der Waals surface area contributed by atoms with E-state index in [0.29, 0.717) is 18.9 Å². The summed E-state index contributed by atoms with van der Waals surface area (Å²) in [6, 6.07) is 7.36. The van der Waals surface area contributed by atoms with Gasteiger partial charge in [-0.1, -0.05) is 18.9 Å². The number of aromatic nitrogens is 2. The Balaban J connectivity index is 1.49. The van der Waals surface area contributed by atoms with E-state index in [1.165, 1.54) is 25.7 Å². The molecule has 1 saturated heterocycles. The minimum Gasteiger partial charge on any atom is -0.341 e. The molecule has 1 atom stereocenters. The number of carbonyl (C=O) groups is 1. The summed E-state index contributed by atoms with van der Waals surface area (Å²) in [7, 11) is 0. The highest BCUT2D eigenvalue weighted by atomic mass is 32.1. The summed E-state index contributed by atoms with van der Waals surface area (Å²) in [5, 5.41) is 6.62. The van der Waals surface area contributed by atoms with Crippen LogP contribution >= 0.6 is 11.3 Å². The lowest BCUT2D eigenvalue weighted by atomic mass is 10.0. The van der Waals surface area contributed by atoms with E-state index in [9.17, 15) is 9.59 Å². The van der Waals surface area contributed by atoms with E-state index in [1.54, 1.807) is 28.2 Å². The molecule has 2 aromatic heterocycles. The molecule has 0 radical (unpaired) electrons. The highest BCUT2D eigenvalue weighted by Crippen LogP contribution is 2.29. The summed E-state index contributed by atoms with van der Waals surface area (Å²) in [6.45, 7) is 1.41. The Kier molecular flexibility index (Phi) is 5.20. The second-order valence-corrected chi connectivity index (χ2v) is 8.42. The van der Waals surface area contributed by atoms with Crippen LogP contribution in [0.5, 0.6) is 0 Å². The van der Waals surface area contributed by atoms with Gasteiger partial charge in [0.05, 0.1) is 10.9 Å². The van der Waals surface area contributed by atoms with Crippen molar-refractivity contribution in [2.45, 2.75) is 51.0 Å². The van der Waals surface area contributed by atoms with Gasteiger partial charge in [0.1, 0.15) is 5.69 Å². The van der Waals surface area contributed by atoms with E-state index in [2.05, 4.69) is 5.10 Å². The van der Waals surface area contributed by atoms with E-state index in [4.69, 9.17) is 0 Å². The average molecular weight is 372 g/mol. The molecule has 1 amide bonds. The second-order valence-electron chi connectivity index (χ2n) is 7.47. The van der Waals surface area contributed by atoms with Gasteiger partial charge in [-0.05, 0) is 49.1 Å². The van der Waals surface area contributed by atoms with E-state index in [1.807, 2.05) is 22.4 Å². The van der Waals surface area contributed by atoms with Crippen LogP contribution in [0, 0.1) is 5.92 Å². The summed E-state index contributed by atoms with van der Waals surface area (Å²) >= 11 is 1.62. The Morgan fingerprint density at radius 2 is 2.00 bits per heavy atom. The van der Waals surface area contributed by atoms with Crippen molar-refractivity contribution < 1.29 is 4.79 Å². The number of thiophene rings is 1. The van der Waals surface area contributed by atoms with Gasteiger partial charge in [0.25, 0.3) is 5.56 Å². The molecule has 2 aliphatic rings. The van der Waals surface area contributed by atoms with Crippen LogP contribution in [0.15, 0.2) is 34.4 Å². The van der Waals surface area contributed by atoms with Crippen molar-refractivity contribution in [2.75, 3.05) is 13.1 Å². The molecule has 26 heavy (non-hydrogen) atoms. The number of rotatable bonds is 4. The molecule has 0 aromatic carbocycles. The zero-order valence-electron chi connectivity index (χ0n) is 15.0. The van der Waals surface area contributed by atoms with E-state index in [-0.39, 0.29) is 17.5 Å². The number of hydrogen-bond donors (Lipinski definition) is 0. The molecule has 0 bridgehead atoms. The highest BCUT2D eigenvalue weighted by molar-refractivity contribution is 7.13. The van der Waals surface area contributed by atoms with Gasteiger partial charge in [-0.25, -0.2) is 4.68 Å². The minimum absolute atomic E-state index is 0.0244. The molecule has 6 heteroatoms. The SMILES string of the molecule is O=C(CC1CCCC1)N1CCC[C@@H](n2nc(-c3cccs3)ccc2=O)C1. The van der Waals surface area contributed by atoms with Crippen molar-refractivity contribution in [3.63, 3.8) is 0 Å². The predicted octanol–water partition coefficient (Wildman–Crippen LogP) is 3.72. The van der Waals surface area contributed by atoms with Gasteiger partial charge < -0.3 is 4.90 Å². The van der Waals surface area contributed by atoms with Gasteiger partial charge >= 0.3 is 0 Å². The Hall–Kier alpha value is -1.95. The molecule has 2 aromatic rings. The van der Waals surface area contributed by atoms with Crippen LogP contribution in [-0.2, 0) is 4.79 Å². The molecular formula is C20H25N3O2S. The van der Waals surface area contributed by atoms with Crippen LogP contribution in [0.3, 0.4) is 0 Å². The summed E-state index contributed by atoms with van der Waals surface area (Å²) in [5.41, 5.74) is 0.745. The van der Waals surface area contributed by atoms with Gasteiger partial charge in [0, 0.05) is 25.6 Å². The lowest BCUT2D eigenvalue weighted by Gasteiger charge is -2.33. The number of hydrogen-bond acceptors (Lipinski definition) is 4. The number of likely N-dealkylation sites (tertiary alicyclic amines) is 1. The Morgan fingerprint density at radius 3 is 2.77 bits per heavy atom. The maximum atomic E-state index is 12.7. The molecule has 0 spiro atoms. The first-order valence-corrected chi connectivity index (χ1v) is 10.5. The first-order valence-electron chi connectivity index (χ1n) is 9.62. The third kappa shape index (κ3) is 3.75. The molecule has 2 fully saturated rings. The fourth-order valence-corrected chi connectivity index (χ4v) is 4.90.